The van der Waals surface area contributed by atoms with E-state index < -0.39 is 5.82 Å². The fourth-order valence-corrected chi connectivity index (χ4v) is 2.60. The fraction of sp³-hybridized carbons (Fsp3) is 0.125. The summed E-state index contributed by atoms with van der Waals surface area (Å²) in [6.07, 6.45) is 6.85. The highest BCUT2D eigenvalue weighted by atomic mass is 19.1. The molecule has 2 N–H and O–H groups in total. The zero-order valence-corrected chi connectivity index (χ0v) is 13.1. The predicted octanol–water partition coefficient (Wildman–Crippen LogP) is 2.60. The van der Waals surface area contributed by atoms with Gasteiger partial charge in [-0.25, -0.2) is 19.3 Å². The maximum atomic E-state index is 14.0. The maximum Gasteiger partial charge on any atom is 0.178 e. The Labute approximate surface area is 136 Å². The van der Waals surface area contributed by atoms with Crippen LogP contribution in [0.5, 0.6) is 0 Å². The number of nitrogens with one attached hydrogen (secondary N) is 2. The molecule has 0 saturated heterocycles. The number of halogens is 1. The molecule has 7 nitrogen and oxygen atoms in total. The number of anilines is 1. The molecule has 4 rings (SSSR count). The lowest BCUT2D eigenvalue weighted by Gasteiger charge is -2.05. The van der Waals surface area contributed by atoms with E-state index in [1.807, 2.05) is 19.3 Å². The van der Waals surface area contributed by atoms with Gasteiger partial charge in [-0.15, -0.1) is 0 Å². The van der Waals surface area contributed by atoms with Crippen LogP contribution in [0.1, 0.15) is 0 Å². The molecule has 0 saturated carbocycles. The lowest BCUT2D eigenvalue weighted by atomic mass is 10.1. The normalized spacial score (nSPS) is 11.1. The number of rotatable bonds is 3. The molecular formula is C16H14FN7. The number of aromatic amines is 1. The van der Waals surface area contributed by atoms with E-state index in [1.54, 1.807) is 30.3 Å². The van der Waals surface area contributed by atoms with Gasteiger partial charge >= 0.3 is 0 Å². The van der Waals surface area contributed by atoms with Crippen molar-refractivity contribution in [3.05, 3.63) is 42.7 Å². The van der Waals surface area contributed by atoms with Gasteiger partial charge < -0.3 is 10.3 Å². The van der Waals surface area contributed by atoms with Crippen LogP contribution in [0.2, 0.25) is 0 Å². The van der Waals surface area contributed by atoms with Crippen molar-refractivity contribution in [2.75, 3.05) is 12.4 Å². The maximum absolute atomic E-state index is 14.0. The monoisotopic (exact) mass is 323 g/mol. The molecule has 120 valence electrons. The Morgan fingerprint density at radius 1 is 1.21 bits per heavy atom. The molecule has 0 fully saturated rings. The number of fused-ring (bicyclic) bond motifs is 1. The first-order chi connectivity index (χ1) is 11.7. The smallest absolute Gasteiger partial charge is 0.178 e. The van der Waals surface area contributed by atoms with Gasteiger partial charge in [0.2, 0.25) is 0 Å². The summed E-state index contributed by atoms with van der Waals surface area (Å²) in [4.78, 5) is 16.1. The van der Waals surface area contributed by atoms with Crippen molar-refractivity contribution in [1.29, 1.82) is 0 Å². The molecule has 24 heavy (non-hydrogen) atoms. The summed E-state index contributed by atoms with van der Waals surface area (Å²) in [7, 11) is 3.47. The number of nitrogens with zero attached hydrogens (tertiary/aromatic N) is 5. The zero-order valence-electron chi connectivity index (χ0n) is 13.1. The third-order valence-corrected chi connectivity index (χ3v) is 3.76. The summed E-state index contributed by atoms with van der Waals surface area (Å²) in [6.45, 7) is 0. The Morgan fingerprint density at radius 2 is 2.08 bits per heavy atom. The van der Waals surface area contributed by atoms with Crippen LogP contribution in [0, 0.1) is 5.82 Å². The third-order valence-electron chi connectivity index (χ3n) is 3.76. The Hall–Kier alpha value is -3.29. The molecule has 4 heterocycles. The van der Waals surface area contributed by atoms with E-state index in [0.717, 1.165) is 16.6 Å². The summed E-state index contributed by atoms with van der Waals surface area (Å²) >= 11 is 0. The van der Waals surface area contributed by atoms with Crippen molar-refractivity contribution in [3.63, 3.8) is 0 Å². The average Bonchev–Trinajstić information content (AvgIpc) is 3.20. The van der Waals surface area contributed by atoms with Gasteiger partial charge in [0.05, 0.1) is 17.3 Å². The highest BCUT2D eigenvalue weighted by molar-refractivity contribution is 5.91. The second-order valence-electron chi connectivity index (χ2n) is 5.35. The van der Waals surface area contributed by atoms with Gasteiger partial charge in [-0.05, 0) is 12.1 Å². The standard InChI is InChI=1S/C16H14FN7/c1-18-15-12(17)5-9(6-20-15)11-3-4-19-16-13(11)22-14(23-16)10-7-21-24(2)8-10/h3-8H,1-2H3,(H,18,20)(H,19,22,23). The highest BCUT2D eigenvalue weighted by Crippen LogP contribution is 2.29. The summed E-state index contributed by atoms with van der Waals surface area (Å²) in [5.74, 6) is 0.468. The van der Waals surface area contributed by atoms with Crippen molar-refractivity contribution >= 4 is 17.0 Å². The van der Waals surface area contributed by atoms with Crippen LogP contribution in [-0.4, -0.2) is 36.8 Å². The highest BCUT2D eigenvalue weighted by Gasteiger charge is 2.14. The first-order valence-corrected chi connectivity index (χ1v) is 7.33. The minimum absolute atomic E-state index is 0.213. The summed E-state index contributed by atoms with van der Waals surface area (Å²) in [5, 5.41) is 6.86. The number of imidazole rings is 1. The van der Waals surface area contributed by atoms with Gasteiger partial charge in [0.1, 0.15) is 5.82 Å². The van der Waals surface area contributed by atoms with Crippen LogP contribution in [0.4, 0.5) is 10.2 Å². The van der Waals surface area contributed by atoms with E-state index in [9.17, 15) is 4.39 Å². The molecule has 4 aromatic rings. The quantitative estimate of drug-likeness (QED) is 0.605. The molecular weight excluding hydrogens is 309 g/mol. The van der Waals surface area contributed by atoms with E-state index in [4.69, 9.17) is 0 Å². The van der Waals surface area contributed by atoms with E-state index in [-0.39, 0.29) is 5.82 Å². The molecule has 0 aliphatic rings. The summed E-state index contributed by atoms with van der Waals surface area (Å²) in [6, 6.07) is 3.25. The number of pyridine rings is 2. The van der Waals surface area contributed by atoms with E-state index in [1.165, 1.54) is 6.07 Å². The largest absolute Gasteiger partial charge is 0.371 e. The van der Waals surface area contributed by atoms with Crippen molar-refractivity contribution in [2.45, 2.75) is 0 Å². The zero-order chi connectivity index (χ0) is 16.7. The Bertz CT molecular complexity index is 1030. The Kier molecular flexibility index (Phi) is 3.23. The third kappa shape index (κ3) is 2.28. The number of aromatic nitrogens is 6. The van der Waals surface area contributed by atoms with Crippen LogP contribution < -0.4 is 5.32 Å². The molecule has 0 aromatic carbocycles. The first-order valence-electron chi connectivity index (χ1n) is 7.33. The first kappa shape index (κ1) is 14.3. The molecule has 4 aromatic heterocycles. The topological polar surface area (TPSA) is 84.3 Å². The molecule has 8 heteroatoms. The van der Waals surface area contributed by atoms with Crippen molar-refractivity contribution < 1.29 is 4.39 Å². The number of hydrogen-bond acceptors (Lipinski definition) is 5. The van der Waals surface area contributed by atoms with Crippen LogP contribution in [0.25, 0.3) is 33.7 Å². The van der Waals surface area contributed by atoms with Crippen molar-refractivity contribution in [3.8, 4) is 22.5 Å². The van der Waals surface area contributed by atoms with Gasteiger partial charge in [0, 0.05) is 43.8 Å². The minimum atomic E-state index is -0.410. The van der Waals surface area contributed by atoms with Gasteiger partial charge in [-0.1, -0.05) is 0 Å². The molecule has 0 atom stereocenters. The minimum Gasteiger partial charge on any atom is -0.371 e. The van der Waals surface area contributed by atoms with Gasteiger partial charge in [-0.3, -0.25) is 4.68 Å². The SMILES string of the molecule is CNc1ncc(-c2ccnc3nc(-c4cnn(C)c4)[nH]c23)cc1F. The van der Waals surface area contributed by atoms with E-state index in [2.05, 4.69) is 30.4 Å². The Morgan fingerprint density at radius 3 is 2.79 bits per heavy atom. The second kappa shape index (κ2) is 5.41. The van der Waals surface area contributed by atoms with Crippen LogP contribution >= 0.6 is 0 Å². The van der Waals surface area contributed by atoms with Crippen LogP contribution in [0.3, 0.4) is 0 Å². The van der Waals surface area contributed by atoms with Crippen LogP contribution in [-0.2, 0) is 7.05 Å². The number of H-pyrrole nitrogens is 1. The Balaban J connectivity index is 1.87. The molecule has 0 spiro atoms. The molecule has 0 aliphatic carbocycles. The van der Waals surface area contributed by atoms with Crippen LogP contribution in [0.15, 0.2) is 36.9 Å². The summed E-state index contributed by atoms with van der Waals surface area (Å²) < 4.78 is 15.7. The lowest BCUT2D eigenvalue weighted by molar-refractivity contribution is 0.626. The van der Waals surface area contributed by atoms with Crippen molar-refractivity contribution in [2.24, 2.45) is 7.05 Å². The lowest BCUT2D eigenvalue weighted by Crippen LogP contribution is -1.96. The number of aryl methyl sites for hydroxylation is 1. The van der Waals surface area contributed by atoms with Gasteiger partial charge in [-0.2, -0.15) is 5.10 Å². The van der Waals surface area contributed by atoms with Gasteiger partial charge in [0.25, 0.3) is 0 Å². The average molecular weight is 323 g/mol. The second-order valence-corrected chi connectivity index (χ2v) is 5.35. The molecule has 0 amide bonds. The predicted molar refractivity (Wildman–Crippen MR) is 88.8 cm³/mol. The molecule has 0 radical (unpaired) electrons. The molecule has 0 aliphatic heterocycles. The fourth-order valence-electron chi connectivity index (χ4n) is 2.60. The van der Waals surface area contributed by atoms with Crippen molar-refractivity contribution in [1.82, 2.24) is 29.7 Å². The van der Waals surface area contributed by atoms with Gasteiger partial charge in [0.15, 0.2) is 17.3 Å². The molecule has 0 unspecified atom stereocenters. The molecule has 0 bridgehead atoms. The summed E-state index contributed by atoms with van der Waals surface area (Å²) in [5.41, 5.74) is 3.59. The van der Waals surface area contributed by atoms with E-state index in [0.29, 0.717) is 17.0 Å². The van der Waals surface area contributed by atoms with E-state index >= 15 is 0 Å². The number of hydrogen-bond donors (Lipinski definition) is 2.